The Morgan fingerprint density at radius 2 is 1.95 bits per heavy atom. The smallest absolute Gasteiger partial charge is 0.407 e. The summed E-state index contributed by atoms with van der Waals surface area (Å²) in [6, 6.07) is 10.7. The van der Waals surface area contributed by atoms with Crippen molar-refractivity contribution < 1.29 is 9.53 Å². The van der Waals surface area contributed by atoms with Crippen molar-refractivity contribution in [2.45, 2.75) is 31.5 Å². The number of nitrogens with zero attached hydrogens (tertiary/aromatic N) is 1. The Hall–Kier alpha value is -1.59. The van der Waals surface area contributed by atoms with Crippen molar-refractivity contribution in [1.29, 1.82) is 0 Å². The summed E-state index contributed by atoms with van der Waals surface area (Å²) < 4.78 is 5.24. The van der Waals surface area contributed by atoms with Gasteiger partial charge in [0.1, 0.15) is 6.61 Å². The molecule has 2 heterocycles. The molecule has 114 valence electrons. The lowest BCUT2D eigenvalue weighted by Crippen LogP contribution is -2.63. The Morgan fingerprint density at radius 3 is 2.67 bits per heavy atom. The van der Waals surface area contributed by atoms with Crippen LogP contribution in [0.25, 0.3) is 0 Å². The summed E-state index contributed by atoms with van der Waals surface area (Å²) in [5.41, 5.74) is 1.01. The maximum atomic E-state index is 11.7. The van der Waals surface area contributed by atoms with Gasteiger partial charge >= 0.3 is 6.09 Å². The van der Waals surface area contributed by atoms with Gasteiger partial charge in [-0.15, -0.1) is 0 Å². The Morgan fingerprint density at radius 1 is 1.24 bits per heavy atom. The van der Waals surface area contributed by atoms with Crippen molar-refractivity contribution in [3.8, 4) is 0 Å². The number of rotatable bonds is 4. The van der Waals surface area contributed by atoms with Crippen LogP contribution in [0.4, 0.5) is 4.79 Å². The van der Waals surface area contributed by atoms with Gasteiger partial charge in [0, 0.05) is 19.1 Å². The molecule has 3 rings (SSSR count). The van der Waals surface area contributed by atoms with Crippen LogP contribution in [0.5, 0.6) is 0 Å². The molecule has 5 nitrogen and oxygen atoms in total. The monoisotopic (exact) mass is 289 g/mol. The van der Waals surface area contributed by atoms with Crippen LogP contribution >= 0.6 is 0 Å². The molecule has 0 aliphatic carbocycles. The fourth-order valence-corrected chi connectivity index (χ4v) is 3.01. The Balaban J connectivity index is 1.33. The molecule has 0 saturated carbocycles. The third-order valence-corrected chi connectivity index (χ3v) is 4.27. The number of hydrogen-bond donors (Lipinski definition) is 2. The van der Waals surface area contributed by atoms with Crippen LogP contribution in [0.3, 0.4) is 0 Å². The van der Waals surface area contributed by atoms with Crippen molar-refractivity contribution >= 4 is 6.09 Å². The molecule has 21 heavy (non-hydrogen) atoms. The number of benzene rings is 1. The van der Waals surface area contributed by atoms with Crippen molar-refractivity contribution in [1.82, 2.24) is 15.5 Å². The lowest BCUT2D eigenvalue weighted by atomic mass is 9.98. The van der Waals surface area contributed by atoms with Crippen molar-refractivity contribution in [3.63, 3.8) is 0 Å². The first kappa shape index (κ1) is 14.4. The first-order valence-corrected chi connectivity index (χ1v) is 7.73. The standard InChI is InChI=1S/C16H23N3O2/c20-16(21-12-13-4-2-1-3-5-13)18-14-10-19(11-14)15-6-8-17-9-7-15/h1-5,14-15,17H,6-12H2,(H,18,20). The van der Waals surface area contributed by atoms with Gasteiger partial charge in [-0.2, -0.15) is 0 Å². The highest BCUT2D eigenvalue weighted by Gasteiger charge is 2.33. The summed E-state index contributed by atoms with van der Waals surface area (Å²) in [5, 5.41) is 6.31. The van der Waals surface area contributed by atoms with Gasteiger partial charge in [-0.1, -0.05) is 30.3 Å². The molecule has 0 unspecified atom stereocenters. The molecule has 2 fully saturated rings. The maximum absolute atomic E-state index is 11.7. The van der Waals surface area contributed by atoms with Crippen LogP contribution in [-0.4, -0.2) is 49.3 Å². The molecule has 2 aliphatic heterocycles. The summed E-state index contributed by atoms with van der Waals surface area (Å²) >= 11 is 0. The zero-order valence-electron chi connectivity index (χ0n) is 12.3. The van der Waals surface area contributed by atoms with E-state index in [-0.39, 0.29) is 12.1 Å². The van der Waals surface area contributed by atoms with Crippen LogP contribution in [0.1, 0.15) is 18.4 Å². The molecular formula is C16H23N3O2. The summed E-state index contributed by atoms with van der Waals surface area (Å²) in [7, 11) is 0. The third-order valence-electron chi connectivity index (χ3n) is 4.27. The summed E-state index contributed by atoms with van der Waals surface area (Å²) in [6.07, 6.45) is 2.12. The van der Waals surface area contributed by atoms with E-state index in [2.05, 4.69) is 15.5 Å². The molecule has 1 aromatic carbocycles. The van der Waals surface area contributed by atoms with Crippen molar-refractivity contribution in [3.05, 3.63) is 35.9 Å². The van der Waals surface area contributed by atoms with Gasteiger partial charge in [-0.25, -0.2) is 4.79 Å². The minimum absolute atomic E-state index is 0.239. The molecule has 5 heteroatoms. The number of alkyl carbamates (subject to hydrolysis) is 1. The van der Waals surface area contributed by atoms with Crippen LogP contribution < -0.4 is 10.6 Å². The highest BCUT2D eigenvalue weighted by atomic mass is 16.5. The van der Waals surface area contributed by atoms with E-state index in [0.29, 0.717) is 12.6 Å². The van der Waals surface area contributed by atoms with E-state index >= 15 is 0 Å². The zero-order valence-corrected chi connectivity index (χ0v) is 12.3. The molecule has 0 atom stereocenters. The lowest BCUT2D eigenvalue weighted by molar-refractivity contribution is 0.0535. The van der Waals surface area contributed by atoms with Crippen LogP contribution in [0, 0.1) is 0 Å². The second kappa shape index (κ2) is 6.91. The fourth-order valence-electron chi connectivity index (χ4n) is 3.01. The number of carbonyl (C=O) groups is 1. The second-order valence-electron chi connectivity index (χ2n) is 5.84. The average molecular weight is 289 g/mol. The number of ether oxygens (including phenoxy) is 1. The van der Waals surface area contributed by atoms with Crippen LogP contribution in [0.2, 0.25) is 0 Å². The van der Waals surface area contributed by atoms with Crippen molar-refractivity contribution in [2.75, 3.05) is 26.2 Å². The molecule has 2 saturated heterocycles. The predicted molar refractivity (Wildman–Crippen MR) is 81.0 cm³/mol. The van der Waals surface area contributed by atoms with Crippen LogP contribution in [0.15, 0.2) is 30.3 Å². The molecule has 1 aromatic rings. The minimum atomic E-state index is -0.311. The number of amides is 1. The molecule has 1 amide bonds. The minimum Gasteiger partial charge on any atom is -0.445 e. The summed E-state index contributed by atoms with van der Waals surface area (Å²) in [5.74, 6) is 0. The Labute approximate surface area is 125 Å². The summed E-state index contributed by atoms with van der Waals surface area (Å²) in [4.78, 5) is 14.2. The highest BCUT2D eigenvalue weighted by molar-refractivity contribution is 5.67. The molecule has 2 N–H and O–H groups in total. The molecule has 0 bridgehead atoms. The molecular weight excluding hydrogens is 266 g/mol. The predicted octanol–water partition coefficient (Wildman–Crippen LogP) is 1.35. The summed E-state index contributed by atoms with van der Waals surface area (Å²) in [6.45, 7) is 4.45. The van der Waals surface area contributed by atoms with Gasteiger partial charge in [0.25, 0.3) is 0 Å². The third kappa shape index (κ3) is 3.95. The normalized spacial score (nSPS) is 20.8. The molecule has 0 aromatic heterocycles. The first-order chi connectivity index (χ1) is 10.3. The van der Waals surface area contributed by atoms with Gasteiger partial charge in [0.2, 0.25) is 0 Å². The van der Waals surface area contributed by atoms with Gasteiger partial charge < -0.3 is 15.4 Å². The van der Waals surface area contributed by atoms with E-state index in [1.54, 1.807) is 0 Å². The SMILES string of the molecule is O=C(NC1CN(C2CCNCC2)C1)OCc1ccccc1. The van der Waals surface area contributed by atoms with Crippen molar-refractivity contribution in [2.24, 2.45) is 0 Å². The number of hydrogen-bond acceptors (Lipinski definition) is 4. The lowest BCUT2D eigenvalue weighted by Gasteiger charge is -2.45. The van der Waals surface area contributed by atoms with E-state index in [0.717, 1.165) is 31.7 Å². The zero-order chi connectivity index (χ0) is 14.5. The van der Waals surface area contributed by atoms with E-state index < -0.39 is 0 Å². The Kier molecular flexibility index (Phi) is 4.72. The molecule has 0 spiro atoms. The molecule has 0 radical (unpaired) electrons. The Bertz CT molecular complexity index is 454. The number of likely N-dealkylation sites (tertiary alicyclic amines) is 1. The van der Waals surface area contributed by atoms with Gasteiger partial charge in [-0.3, -0.25) is 4.90 Å². The van der Waals surface area contributed by atoms with Gasteiger partial charge in [0.05, 0.1) is 6.04 Å². The number of nitrogens with one attached hydrogen (secondary N) is 2. The topological polar surface area (TPSA) is 53.6 Å². The fraction of sp³-hybridized carbons (Fsp3) is 0.562. The molecule has 2 aliphatic rings. The van der Waals surface area contributed by atoms with E-state index in [9.17, 15) is 4.79 Å². The maximum Gasteiger partial charge on any atom is 0.407 e. The largest absolute Gasteiger partial charge is 0.445 e. The van der Waals surface area contributed by atoms with Crippen LogP contribution in [-0.2, 0) is 11.3 Å². The van der Waals surface area contributed by atoms with E-state index in [4.69, 9.17) is 4.74 Å². The second-order valence-corrected chi connectivity index (χ2v) is 5.84. The first-order valence-electron chi connectivity index (χ1n) is 7.73. The highest BCUT2D eigenvalue weighted by Crippen LogP contribution is 2.19. The van der Waals surface area contributed by atoms with E-state index in [1.165, 1.54) is 12.8 Å². The number of piperidine rings is 1. The average Bonchev–Trinajstić information content (AvgIpc) is 2.50. The quantitative estimate of drug-likeness (QED) is 0.878. The van der Waals surface area contributed by atoms with Gasteiger partial charge in [-0.05, 0) is 31.5 Å². The van der Waals surface area contributed by atoms with Gasteiger partial charge in [0.15, 0.2) is 0 Å². The number of carbonyl (C=O) groups excluding carboxylic acids is 1. The van der Waals surface area contributed by atoms with E-state index in [1.807, 2.05) is 30.3 Å².